The van der Waals surface area contributed by atoms with Crippen LogP contribution in [0.15, 0.2) is 53.7 Å². The van der Waals surface area contributed by atoms with Crippen molar-refractivity contribution in [2.45, 2.75) is 29.8 Å². The molecule has 3 nitrogen and oxygen atoms in total. The molecule has 1 aliphatic rings. The Kier molecular flexibility index (Phi) is 4.29. The van der Waals surface area contributed by atoms with Gasteiger partial charge >= 0.3 is 0 Å². The van der Waals surface area contributed by atoms with Crippen LogP contribution < -0.4 is 0 Å². The van der Waals surface area contributed by atoms with E-state index in [9.17, 15) is 4.39 Å². The summed E-state index contributed by atoms with van der Waals surface area (Å²) in [5, 5.41) is 10.1. The second-order valence-electron chi connectivity index (χ2n) is 5.77. The van der Waals surface area contributed by atoms with Crippen molar-refractivity contribution in [3.8, 4) is 11.4 Å². The van der Waals surface area contributed by atoms with Gasteiger partial charge in [0.1, 0.15) is 5.82 Å². The first kappa shape index (κ1) is 15.7. The van der Waals surface area contributed by atoms with E-state index in [4.69, 9.17) is 11.6 Å². The van der Waals surface area contributed by atoms with Crippen molar-refractivity contribution in [2.75, 3.05) is 0 Å². The topological polar surface area (TPSA) is 30.7 Å². The first-order valence-electron chi connectivity index (χ1n) is 7.80. The minimum Gasteiger partial charge on any atom is -0.299 e. The van der Waals surface area contributed by atoms with E-state index in [0.717, 1.165) is 28.6 Å². The van der Waals surface area contributed by atoms with Gasteiger partial charge in [-0.05, 0) is 36.6 Å². The van der Waals surface area contributed by atoms with E-state index in [1.165, 1.54) is 6.07 Å². The smallest absolute Gasteiger partial charge is 0.192 e. The zero-order chi connectivity index (χ0) is 16.5. The highest BCUT2D eigenvalue weighted by Crippen LogP contribution is 2.42. The van der Waals surface area contributed by atoms with Gasteiger partial charge in [0, 0.05) is 16.8 Å². The monoisotopic (exact) mass is 359 g/mol. The Labute approximate surface area is 148 Å². The molecule has 0 saturated heterocycles. The molecule has 1 fully saturated rings. The van der Waals surface area contributed by atoms with Crippen molar-refractivity contribution in [3.05, 3.63) is 64.9 Å². The summed E-state index contributed by atoms with van der Waals surface area (Å²) in [6.07, 6.45) is 2.16. The molecule has 1 saturated carbocycles. The number of aromatic nitrogens is 3. The predicted octanol–water partition coefficient (Wildman–Crippen LogP) is 5.36. The number of halogens is 2. The summed E-state index contributed by atoms with van der Waals surface area (Å²) in [6, 6.07) is 14.8. The molecule has 1 aliphatic carbocycles. The fourth-order valence-electron chi connectivity index (χ4n) is 2.62. The largest absolute Gasteiger partial charge is 0.299 e. The summed E-state index contributed by atoms with van der Waals surface area (Å²) in [4.78, 5) is 0. The molecule has 0 aliphatic heterocycles. The zero-order valence-electron chi connectivity index (χ0n) is 12.8. The highest BCUT2D eigenvalue weighted by atomic mass is 35.5. The van der Waals surface area contributed by atoms with Crippen LogP contribution in [0.4, 0.5) is 4.39 Å². The Hall–Kier alpha value is -1.85. The van der Waals surface area contributed by atoms with Gasteiger partial charge in [-0.1, -0.05) is 53.7 Å². The van der Waals surface area contributed by atoms with Gasteiger partial charge in [-0.3, -0.25) is 4.57 Å². The molecule has 6 heteroatoms. The first-order valence-corrected chi connectivity index (χ1v) is 9.16. The number of nitrogens with zero attached hydrogens (tertiary/aromatic N) is 3. The number of hydrogen-bond donors (Lipinski definition) is 0. The summed E-state index contributed by atoms with van der Waals surface area (Å²) in [6.45, 7) is 0. The van der Waals surface area contributed by atoms with Gasteiger partial charge in [0.2, 0.25) is 0 Å². The van der Waals surface area contributed by atoms with Crippen LogP contribution in [0.2, 0.25) is 5.02 Å². The van der Waals surface area contributed by atoms with Crippen molar-refractivity contribution in [1.29, 1.82) is 0 Å². The number of hydrogen-bond acceptors (Lipinski definition) is 3. The Morgan fingerprint density at radius 1 is 1.08 bits per heavy atom. The van der Waals surface area contributed by atoms with E-state index in [-0.39, 0.29) is 5.82 Å². The molecule has 0 amide bonds. The number of benzene rings is 2. The fraction of sp³-hybridized carbons (Fsp3) is 0.222. The van der Waals surface area contributed by atoms with Crippen LogP contribution in [-0.4, -0.2) is 14.8 Å². The van der Waals surface area contributed by atoms with Gasteiger partial charge in [-0.15, -0.1) is 10.2 Å². The third-order valence-corrected chi connectivity index (χ3v) is 5.37. The van der Waals surface area contributed by atoms with Crippen LogP contribution in [0.3, 0.4) is 0 Å². The van der Waals surface area contributed by atoms with Crippen LogP contribution in [0, 0.1) is 5.82 Å². The molecule has 0 bridgehead atoms. The summed E-state index contributed by atoms with van der Waals surface area (Å²) in [5.41, 5.74) is 1.56. The highest BCUT2D eigenvalue weighted by Gasteiger charge is 2.30. The molecule has 0 spiro atoms. The van der Waals surface area contributed by atoms with Crippen molar-refractivity contribution in [3.63, 3.8) is 0 Å². The lowest BCUT2D eigenvalue weighted by Crippen LogP contribution is -2.01. The third-order valence-electron chi connectivity index (χ3n) is 4.01. The molecule has 0 unspecified atom stereocenters. The SMILES string of the molecule is Fc1ccccc1-c1nnc(SCc2ccccc2Cl)n1C1CC1. The van der Waals surface area contributed by atoms with E-state index >= 15 is 0 Å². The molecule has 0 radical (unpaired) electrons. The summed E-state index contributed by atoms with van der Waals surface area (Å²) >= 11 is 7.81. The van der Waals surface area contributed by atoms with E-state index in [1.807, 2.05) is 30.3 Å². The van der Waals surface area contributed by atoms with Crippen molar-refractivity contribution in [2.24, 2.45) is 0 Å². The Balaban J connectivity index is 1.65. The number of rotatable bonds is 5. The van der Waals surface area contributed by atoms with E-state index in [2.05, 4.69) is 14.8 Å². The lowest BCUT2D eigenvalue weighted by Gasteiger charge is -2.09. The molecule has 0 atom stereocenters. The van der Waals surface area contributed by atoms with Gasteiger partial charge in [-0.2, -0.15) is 0 Å². The summed E-state index contributed by atoms with van der Waals surface area (Å²) in [7, 11) is 0. The van der Waals surface area contributed by atoms with Gasteiger partial charge < -0.3 is 0 Å². The average molecular weight is 360 g/mol. The normalized spacial score (nSPS) is 14.1. The maximum Gasteiger partial charge on any atom is 0.192 e. The minimum atomic E-state index is -0.269. The Morgan fingerprint density at radius 3 is 2.58 bits per heavy atom. The zero-order valence-corrected chi connectivity index (χ0v) is 14.4. The second kappa shape index (κ2) is 6.57. The van der Waals surface area contributed by atoms with E-state index in [0.29, 0.717) is 23.2 Å². The second-order valence-corrected chi connectivity index (χ2v) is 7.12. The summed E-state index contributed by atoms with van der Waals surface area (Å²) in [5.74, 6) is 1.05. The quantitative estimate of drug-likeness (QED) is 0.574. The molecule has 4 rings (SSSR count). The molecule has 0 N–H and O–H groups in total. The standard InChI is InChI=1S/C18H15ClFN3S/c19-15-7-3-1-5-12(15)11-24-18-22-21-17(23(18)13-9-10-13)14-6-2-4-8-16(14)20/h1-8,13H,9-11H2. The van der Waals surface area contributed by atoms with Crippen LogP contribution in [0.5, 0.6) is 0 Å². The molecule has 1 aromatic heterocycles. The Bertz CT molecular complexity index is 876. The molecular formula is C18H15ClFN3S. The maximum absolute atomic E-state index is 14.1. The van der Waals surface area contributed by atoms with E-state index < -0.39 is 0 Å². The van der Waals surface area contributed by atoms with Crippen LogP contribution >= 0.6 is 23.4 Å². The fourth-order valence-corrected chi connectivity index (χ4v) is 3.91. The Morgan fingerprint density at radius 2 is 1.83 bits per heavy atom. The van der Waals surface area contributed by atoms with Crippen molar-refractivity contribution < 1.29 is 4.39 Å². The van der Waals surface area contributed by atoms with Gasteiger partial charge in [0.25, 0.3) is 0 Å². The molecular weight excluding hydrogens is 345 g/mol. The lowest BCUT2D eigenvalue weighted by molar-refractivity contribution is 0.622. The van der Waals surface area contributed by atoms with E-state index in [1.54, 1.807) is 23.9 Å². The highest BCUT2D eigenvalue weighted by molar-refractivity contribution is 7.98. The first-order chi connectivity index (χ1) is 11.7. The van der Waals surface area contributed by atoms with Crippen molar-refractivity contribution >= 4 is 23.4 Å². The van der Waals surface area contributed by atoms with Crippen LogP contribution in [0.1, 0.15) is 24.4 Å². The predicted molar refractivity (Wildman–Crippen MR) is 94.7 cm³/mol. The molecule has 2 aromatic carbocycles. The van der Waals surface area contributed by atoms with Crippen LogP contribution in [-0.2, 0) is 5.75 Å². The molecule has 1 heterocycles. The van der Waals surface area contributed by atoms with Crippen LogP contribution in [0.25, 0.3) is 11.4 Å². The molecule has 3 aromatic rings. The van der Waals surface area contributed by atoms with Gasteiger partial charge in [0.05, 0.1) is 5.56 Å². The maximum atomic E-state index is 14.1. The lowest BCUT2D eigenvalue weighted by atomic mass is 10.2. The molecule has 24 heavy (non-hydrogen) atoms. The van der Waals surface area contributed by atoms with Crippen molar-refractivity contribution in [1.82, 2.24) is 14.8 Å². The van der Waals surface area contributed by atoms with Gasteiger partial charge in [0.15, 0.2) is 11.0 Å². The van der Waals surface area contributed by atoms with Gasteiger partial charge in [-0.25, -0.2) is 4.39 Å². The molecule has 122 valence electrons. The average Bonchev–Trinajstić information content (AvgIpc) is 3.35. The summed E-state index contributed by atoms with van der Waals surface area (Å²) < 4.78 is 16.2. The third kappa shape index (κ3) is 3.06. The number of thioether (sulfide) groups is 1. The minimum absolute atomic E-state index is 0.269.